The zero-order chi connectivity index (χ0) is 15.6. The summed E-state index contributed by atoms with van der Waals surface area (Å²) in [7, 11) is 1.22. The van der Waals surface area contributed by atoms with Gasteiger partial charge in [-0.05, 0) is 17.7 Å². The highest BCUT2D eigenvalue weighted by Gasteiger charge is 2.33. The molecule has 2 rings (SSSR count). The van der Waals surface area contributed by atoms with E-state index in [1.807, 2.05) is 0 Å². The molecule has 1 aliphatic heterocycles. The average Bonchev–Trinajstić information content (AvgIpc) is 2.86. The Bertz CT molecular complexity index is 604. The second kappa shape index (κ2) is 6.13. The first-order valence-electron chi connectivity index (χ1n) is 6.26. The molecule has 7 nitrogen and oxygen atoms in total. The topological polar surface area (TPSA) is 89.8 Å². The van der Waals surface area contributed by atoms with E-state index >= 15 is 0 Å². The summed E-state index contributed by atoms with van der Waals surface area (Å²) in [5.74, 6) is -0.225. The number of hydrogen-bond acceptors (Lipinski definition) is 6. The smallest absolute Gasteiger partial charge is 0.339 e. The maximum Gasteiger partial charge on any atom is 0.339 e. The number of carbonyl (C=O) groups excluding carboxylic acids is 2. The van der Waals surface area contributed by atoms with Crippen LogP contribution in [-0.4, -0.2) is 36.2 Å². The number of nitro benzene ring substituents is 1. The molecular formula is C13H14N2O5S. The van der Waals surface area contributed by atoms with Crippen LogP contribution in [0.4, 0.5) is 11.4 Å². The van der Waals surface area contributed by atoms with E-state index in [-0.39, 0.29) is 28.8 Å². The number of non-ortho nitro benzene ring substituents is 1. The van der Waals surface area contributed by atoms with Crippen molar-refractivity contribution >= 4 is 35.9 Å². The number of nitro groups is 1. The van der Waals surface area contributed by atoms with Gasteiger partial charge in [0.25, 0.3) is 5.69 Å². The Balaban J connectivity index is 2.48. The van der Waals surface area contributed by atoms with Crippen LogP contribution in [0.3, 0.4) is 0 Å². The van der Waals surface area contributed by atoms with Crippen molar-refractivity contribution in [1.29, 1.82) is 0 Å². The summed E-state index contributed by atoms with van der Waals surface area (Å²) in [4.78, 5) is 35.6. The van der Waals surface area contributed by atoms with Gasteiger partial charge in [-0.25, -0.2) is 4.79 Å². The van der Waals surface area contributed by atoms with Gasteiger partial charge in [0, 0.05) is 25.1 Å². The molecule has 0 saturated carbocycles. The van der Waals surface area contributed by atoms with Crippen LogP contribution in [0.25, 0.3) is 0 Å². The number of anilines is 1. The molecule has 112 valence electrons. The summed E-state index contributed by atoms with van der Waals surface area (Å²) in [6.45, 7) is 0.382. The standard InChI is InChI=1S/C13H14N2O5S/c1-20-13(17)10-3-2-9(15(18)19)5-11(10)14-6-8(7-21)4-12(14)16/h2-3,5,8,21H,4,6-7H2,1H3. The van der Waals surface area contributed by atoms with Gasteiger partial charge in [-0.3, -0.25) is 14.9 Å². The first-order valence-corrected chi connectivity index (χ1v) is 6.89. The van der Waals surface area contributed by atoms with Crippen LogP contribution in [0.1, 0.15) is 16.8 Å². The Morgan fingerprint density at radius 2 is 2.29 bits per heavy atom. The molecule has 0 bridgehead atoms. The van der Waals surface area contributed by atoms with Gasteiger partial charge in [0.2, 0.25) is 5.91 Å². The normalized spacial score (nSPS) is 17.9. The van der Waals surface area contributed by atoms with E-state index in [0.29, 0.717) is 18.7 Å². The summed E-state index contributed by atoms with van der Waals surface area (Å²) < 4.78 is 4.66. The summed E-state index contributed by atoms with van der Waals surface area (Å²) in [5.41, 5.74) is 0.168. The van der Waals surface area contributed by atoms with Crippen LogP contribution in [0.15, 0.2) is 18.2 Å². The number of esters is 1. The maximum absolute atomic E-state index is 12.1. The van der Waals surface area contributed by atoms with Crippen LogP contribution >= 0.6 is 12.6 Å². The van der Waals surface area contributed by atoms with Gasteiger partial charge in [0.05, 0.1) is 23.3 Å². The van der Waals surface area contributed by atoms with Crippen LogP contribution in [-0.2, 0) is 9.53 Å². The largest absolute Gasteiger partial charge is 0.465 e. The van der Waals surface area contributed by atoms with Crippen molar-refractivity contribution in [2.75, 3.05) is 24.3 Å². The van der Waals surface area contributed by atoms with Crippen molar-refractivity contribution in [3.05, 3.63) is 33.9 Å². The van der Waals surface area contributed by atoms with E-state index in [4.69, 9.17) is 0 Å². The second-order valence-corrected chi connectivity index (χ2v) is 5.07. The maximum atomic E-state index is 12.1. The van der Waals surface area contributed by atoms with Gasteiger partial charge < -0.3 is 9.64 Å². The van der Waals surface area contributed by atoms with Gasteiger partial charge in [-0.2, -0.15) is 12.6 Å². The highest BCUT2D eigenvalue weighted by molar-refractivity contribution is 7.80. The van der Waals surface area contributed by atoms with E-state index in [2.05, 4.69) is 17.4 Å². The van der Waals surface area contributed by atoms with Gasteiger partial charge in [-0.15, -0.1) is 0 Å². The molecule has 1 heterocycles. The third kappa shape index (κ3) is 2.99. The fraction of sp³-hybridized carbons (Fsp3) is 0.385. The monoisotopic (exact) mass is 310 g/mol. The number of nitrogens with zero attached hydrogens (tertiary/aromatic N) is 2. The SMILES string of the molecule is COC(=O)c1ccc([N+](=O)[O-])cc1N1CC(CS)CC1=O. The number of thiol groups is 1. The fourth-order valence-corrected chi connectivity index (χ4v) is 2.52. The van der Waals surface area contributed by atoms with Crippen molar-refractivity contribution in [3.8, 4) is 0 Å². The summed E-state index contributed by atoms with van der Waals surface area (Å²) in [6, 6.07) is 3.75. The lowest BCUT2D eigenvalue weighted by molar-refractivity contribution is -0.384. The molecule has 1 unspecified atom stereocenters. The Morgan fingerprint density at radius 1 is 1.57 bits per heavy atom. The van der Waals surface area contributed by atoms with Crippen LogP contribution in [0, 0.1) is 16.0 Å². The minimum atomic E-state index is -0.637. The molecule has 1 amide bonds. The zero-order valence-electron chi connectivity index (χ0n) is 11.3. The molecule has 1 fully saturated rings. The summed E-state index contributed by atoms with van der Waals surface area (Å²) in [6.07, 6.45) is 0.312. The van der Waals surface area contributed by atoms with Gasteiger partial charge in [0.15, 0.2) is 0 Å². The minimum absolute atomic E-state index is 0.0607. The number of ether oxygens (including phenoxy) is 1. The molecule has 8 heteroatoms. The van der Waals surface area contributed by atoms with Gasteiger partial charge in [0.1, 0.15) is 0 Å². The van der Waals surface area contributed by atoms with E-state index in [9.17, 15) is 19.7 Å². The first-order chi connectivity index (χ1) is 9.97. The zero-order valence-corrected chi connectivity index (χ0v) is 12.2. The van der Waals surface area contributed by atoms with Crippen molar-refractivity contribution in [2.24, 2.45) is 5.92 Å². The molecule has 1 aromatic carbocycles. The van der Waals surface area contributed by atoms with Crippen molar-refractivity contribution in [2.45, 2.75) is 6.42 Å². The van der Waals surface area contributed by atoms with Gasteiger partial charge in [-0.1, -0.05) is 0 Å². The minimum Gasteiger partial charge on any atom is -0.465 e. The molecule has 0 spiro atoms. The Morgan fingerprint density at radius 3 is 2.81 bits per heavy atom. The Labute approximate surface area is 126 Å². The fourth-order valence-electron chi connectivity index (χ4n) is 2.28. The molecule has 0 aromatic heterocycles. The molecule has 1 atom stereocenters. The van der Waals surface area contributed by atoms with E-state index < -0.39 is 10.9 Å². The second-order valence-electron chi connectivity index (χ2n) is 4.71. The third-order valence-corrected chi connectivity index (χ3v) is 3.87. The third-order valence-electron chi connectivity index (χ3n) is 3.35. The van der Waals surface area contributed by atoms with Crippen molar-refractivity contribution in [1.82, 2.24) is 0 Å². The lowest BCUT2D eigenvalue weighted by Gasteiger charge is -2.19. The Hall–Kier alpha value is -2.09. The molecule has 0 N–H and O–H groups in total. The number of methoxy groups -OCH3 is 1. The number of hydrogen-bond donors (Lipinski definition) is 1. The number of carbonyl (C=O) groups is 2. The summed E-state index contributed by atoms with van der Waals surface area (Å²) >= 11 is 4.17. The number of rotatable bonds is 4. The molecular weight excluding hydrogens is 296 g/mol. The number of benzene rings is 1. The molecule has 21 heavy (non-hydrogen) atoms. The van der Waals surface area contributed by atoms with E-state index in [1.54, 1.807) is 0 Å². The number of amides is 1. The van der Waals surface area contributed by atoms with Gasteiger partial charge >= 0.3 is 5.97 Å². The molecule has 1 aliphatic rings. The van der Waals surface area contributed by atoms with E-state index in [0.717, 1.165) is 0 Å². The lowest BCUT2D eigenvalue weighted by atomic mass is 10.1. The van der Waals surface area contributed by atoms with Crippen molar-refractivity contribution < 1.29 is 19.2 Å². The average molecular weight is 310 g/mol. The highest BCUT2D eigenvalue weighted by Crippen LogP contribution is 2.32. The quantitative estimate of drug-likeness (QED) is 0.395. The highest BCUT2D eigenvalue weighted by atomic mass is 32.1. The summed E-state index contributed by atoms with van der Waals surface area (Å²) in [5, 5.41) is 10.9. The molecule has 0 aliphatic carbocycles. The lowest BCUT2D eigenvalue weighted by Crippen LogP contribution is -2.27. The van der Waals surface area contributed by atoms with Crippen LogP contribution in [0.2, 0.25) is 0 Å². The predicted molar refractivity (Wildman–Crippen MR) is 78.7 cm³/mol. The van der Waals surface area contributed by atoms with E-state index in [1.165, 1.54) is 30.2 Å². The molecule has 1 saturated heterocycles. The molecule has 1 aromatic rings. The first kappa shape index (κ1) is 15.3. The van der Waals surface area contributed by atoms with Crippen LogP contribution in [0.5, 0.6) is 0 Å². The predicted octanol–water partition coefficient (Wildman–Crippen LogP) is 1.66. The Kier molecular flexibility index (Phi) is 4.46. The van der Waals surface area contributed by atoms with Crippen molar-refractivity contribution in [3.63, 3.8) is 0 Å². The molecule has 0 radical (unpaired) electrons. The van der Waals surface area contributed by atoms with Crippen LogP contribution < -0.4 is 4.90 Å².